The van der Waals surface area contributed by atoms with Gasteiger partial charge in [-0.3, -0.25) is 0 Å². The van der Waals surface area contributed by atoms with Crippen LogP contribution in [-0.2, 0) is 0 Å². The lowest BCUT2D eigenvalue weighted by Crippen LogP contribution is -1.94. The van der Waals surface area contributed by atoms with Crippen molar-refractivity contribution in [2.45, 2.75) is 9.79 Å². The van der Waals surface area contributed by atoms with Crippen LogP contribution in [0, 0.1) is 0 Å². The molecule has 18 heavy (non-hydrogen) atoms. The number of benzene rings is 1. The average Bonchev–Trinajstić information content (AvgIpc) is 2.74. The highest BCUT2D eigenvalue weighted by molar-refractivity contribution is 7.99. The van der Waals surface area contributed by atoms with E-state index in [0.29, 0.717) is 20.0 Å². The van der Waals surface area contributed by atoms with Crippen molar-refractivity contribution < 1.29 is 9.90 Å². The van der Waals surface area contributed by atoms with Gasteiger partial charge in [-0.1, -0.05) is 46.6 Å². The number of rotatable bonds is 3. The molecule has 2 aromatic rings. The number of aromatic amines is 1. The third-order valence-corrected chi connectivity index (χ3v) is 4.27. The van der Waals surface area contributed by atoms with E-state index in [1.54, 1.807) is 18.3 Å². The van der Waals surface area contributed by atoms with Gasteiger partial charge in [0.05, 0.1) is 15.1 Å². The van der Waals surface area contributed by atoms with Gasteiger partial charge in [0.1, 0.15) is 5.69 Å². The Morgan fingerprint density at radius 1 is 1.11 bits per heavy atom. The number of halogens is 3. The monoisotopic (exact) mass is 321 g/mol. The molecule has 0 saturated carbocycles. The maximum atomic E-state index is 10.7. The van der Waals surface area contributed by atoms with E-state index in [0.717, 1.165) is 4.90 Å². The molecule has 3 nitrogen and oxygen atoms in total. The first kappa shape index (κ1) is 13.6. The van der Waals surface area contributed by atoms with Crippen molar-refractivity contribution in [3.8, 4) is 0 Å². The number of carboxylic acids is 1. The van der Waals surface area contributed by atoms with Gasteiger partial charge >= 0.3 is 5.97 Å². The Morgan fingerprint density at radius 2 is 1.78 bits per heavy atom. The van der Waals surface area contributed by atoms with E-state index in [-0.39, 0.29) is 5.69 Å². The first-order valence-electron chi connectivity index (χ1n) is 4.71. The lowest BCUT2D eigenvalue weighted by molar-refractivity contribution is 0.0691. The second kappa shape index (κ2) is 5.45. The zero-order chi connectivity index (χ0) is 13.3. The van der Waals surface area contributed by atoms with E-state index < -0.39 is 5.97 Å². The highest BCUT2D eigenvalue weighted by atomic mass is 35.5. The van der Waals surface area contributed by atoms with E-state index in [2.05, 4.69) is 4.98 Å². The fraction of sp³-hybridized carbons (Fsp3) is 0. The lowest BCUT2D eigenvalue weighted by atomic mass is 10.4. The molecule has 0 radical (unpaired) electrons. The van der Waals surface area contributed by atoms with E-state index in [4.69, 9.17) is 39.9 Å². The molecule has 1 aromatic carbocycles. The molecule has 0 amide bonds. The molecule has 94 valence electrons. The summed E-state index contributed by atoms with van der Waals surface area (Å²) in [4.78, 5) is 14.8. The summed E-state index contributed by atoms with van der Waals surface area (Å²) in [5, 5.41) is 10.0. The van der Waals surface area contributed by atoms with Gasteiger partial charge in [0.25, 0.3) is 0 Å². The van der Waals surface area contributed by atoms with Crippen LogP contribution in [-0.4, -0.2) is 16.1 Å². The summed E-state index contributed by atoms with van der Waals surface area (Å²) < 4.78 is 0. The fourth-order valence-electron chi connectivity index (χ4n) is 1.27. The molecule has 0 spiro atoms. The van der Waals surface area contributed by atoms with Crippen LogP contribution in [0.2, 0.25) is 15.1 Å². The molecule has 0 bridgehead atoms. The van der Waals surface area contributed by atoms with Crippen LogP contribution in [0.1, 0.15) is 10.5 Å². The lowest BCUT2D eigenvalue weighted by Gasteiger charge is -2.04. The first-order valence-corrected chi connectivity index (χ1v) is 6.66. The Labute approximate surface area is 122 Å². The largest absolute Gasteiger partial charge is 0.477 e. The summed E-state index contributed by atoms with van der Waals surface area (Å²) in [5.74, 6) is -1.01. The molecule has 7 heteroatoms. The second-order valence-electron chi connectivity index (χ2n) is 3.35. The smallest absolute Gasteiger partial charge is 0.352 e. The van der Waals surface area contributed by atoms with Crippen molar-refractivity contribution in [3.05, 3.63) is 45.2 Å². The van der Waals surface area contributed by atoms with Crippen LogP contribution in [0.15, 0.2) is 34.2 Å². The van der Waals surface area contributed by atoms with E-state index in [1.165, 1.54) is 17.8 Å². The SMILES string of the molecule is O=C(O)c1cc(Sc2cc(Cl)c(Cl)cc2Cl)c[nH]1. The van der Waals surface area contributed by atoms with Gasteiger partial charge in [-0.2, -0.15) is 0 Å². The summed E-state index contributed by atoms with van der Waals surface area (Å²) in [6.07, 6.45) is 1.59. The Balaban J connectivity index is 2.28. The van der Waals surface area contributed by atoms with Gasteiger partial charge in [-0.25, -0.2) is 4.79 Å². The number of aromatic nitrogens is 1. The highest BCUT2D eigenvalue weighted by Gasteiger charge is 2.11. The molecule has 0 atom stereocenters. The Bertz CT molecular complexity index is 612. The summed E-state index contributed by atoms with van der Waals surface area (Å²) >= 11 is 19.1. The number of carboxylic acid groups (broad SMARTS) is 1. The molecule has 0 saturated heterocycles. The number of hydrogen-bond acceptors (Lipinski definition) is 2. The predicted octanol–water partition coefficient (Wildman–Crippen LogP) is 4.82. The Kier molecular flexibility index (Phi) is 4.12. The summed E-state index contributed by atoms with van der Waals surface area (Å²) in [5.41, 5.74) is 0.119. The second-order valence-corrected chi connectivity index (χ2v) is 5.69. The highest BCUT2D eigenvalue weighted by Crippen LogP contribution is 2.38. The molecular formula is C11H6Cl3NO2S. The van der Waals surface area contributed by atoms with Crippen LogP contribution in [0.4, 0.5) is 0 Å². The van der Waals surface area contributed by atoms with E-state index in [9.17, 15) is 4.79 Å². The molecule has 2 rings (SSSR count). The predicted molar refractivity (Wildman–Crippen MR) is 73.3 cm³/mol. The molecule has 0 unspecified atom stereocenters. The van der Waals surface area contributed by atoms with E-state index in [1.807, 2.05) is 0 Å². The third kappa shape index (κ3) is 2.95. The number of nitrogens with one attached hydrogen (secondary N) is 1. The van der Waals surface area contributed by atoms with Crippen LogP contribution < -0.4 is 0 Å². The zero-order valence-electron chi connectivity index (χ0n) is 8.71. The Morgan fingerprint density at radius 3 is 2.39 bits per heavy atom. The van der Waals surface area contributed by atoms with Gasteiger partial charge in [-0.05, 0) is 18.2 Å². The van der Waals surface area contributed by atoms with Crippen molar-refractivity contribution in [3.63, 3.8) is 0 Å². The molecule has 0 aliphatic carbocycles. The topological polar surface area (TPSA) is 53.1 Å². The van der Waals surface area contributed by atoms with Gasteiger partial charge in [-0.15, -0.1) is 0 Å². The quantitative estimate of drug-likeness (QED) is 0.796. The summed E-state index contributed by atoms with van der Waals surface area (Å²) in [7, 11) is 0. The molecule has 0 fully saturated rings. The third-order valence-electron chi connectivity index (χ3n) is 2.09. The zero-order valence-corrected chi connectivity index (χ0v) is 11.8. The molecule has 0 aliphatic heterocycles. The van der Waals surface area contributed by atoms with Crippen LogP contribution >= 0.6 is 46.6 Å². The van der Waals surface area contributed by atoms with Crippen LogP contribution in [0.25, 0.3) is 0 Å². The Hall–Kier alpha value is -0.810. The van der Waals surface area contributed by atoms with Gasteiger partial charge in [0, 0.05) is 16.0 Å². The minimum Gasteiger partial charge on any atom is -0.477 e. The van der Waals surface area contributed by atoms with Gasteiger partial charge in [0.2, 0.25) is 0 Å². The number of hydrogen-bond donors (Lipinski definition) is 2. The normalized spacial score (nSPS) is 10.6. The van der Waals surface area contributed by atoms with Crippen molar-refractivity contribution in [1.82, 2.24) is 4.98 Å². The van der Waals surface area contributed by atoms with Gasteiger partial charge < -0.3 is 10.1 Å². The minimum absolute atomic E-state index is 0.119. The van der Waals surface area contributed by atoms with E-state index >= 15 is 0 Å². The maximum Gasteiger partial charge on any atom is 0.352 e. The fourth-order valence-corrected chi connectivity index (χ4v) is 2.88. The molecular weight excluding hydrogens is 317 g/mol. The summed E-state index contributed by atoms with van der Waals surface area (Å²) in [6, 6.07) is 4.72. The molecule has 2 N–H and O–H groups in total. The van der Waals surface area contributed by atoms with Gasteiger partial charge in [0.15, 0.2) is 0 Å². The maximum absolute atomic E-state index is 10.7. The first-order chi connectivity index (χ1) is 8.47. The number of carbonyl (C=O) groups is 1. The summed E-state index contributed by atoms with van der Waals surface area (Å²) in [6.45, 7) is 0. The van der Waals surface area contributed by atoms with Crippen molar-refractivity contribution in [2.24, 2.45) is 0 Å². The van der Waals surface area contributed by atoms with Crippen molar-refractivity contribution >= 4 is 52.5 Å². The molecule has 1 heterocycles. The standard InChI is InChI=1S/C11H6Cl3NO2S/c12-6-2-8(14)10(3-7(6)13)18-5-1-9(11(16)17)15-4-5/h1-4,15H,(H,16,17). The van der Waals surface area contributed by atoms with Crippen molar-refractivity contribution in [2.75, 3.05) is 0 Å². The molecule has 1 aromatic heterocycles. The van der Waals surface area contributed by atoms with Crippen molar-refractivity contribution in [1.29, 1.82) is 0 Å². The number of H-pyrrole nitrogens is 1. The average molecular weight is 323 g/mol. The molecule has 0 aliphatic rings. The minimum atomic E-state index is -1.01. The van der Waals surface area contributed by atoms with Crippen LogP contribution in [0.5, 0.6) is 0 Å². The van der Waals surface area contributed by atoms with Crippen LogP contribution in [0.3, 0.4) is 0 Å². The number of aromatic carboxylic acids is 1.